The predicted molar refractivity (Wildman–Crippen MR) is 73.6 cm³/mol. The number of nitrogens with one attached hydrogen (secondary N) is 2. The minimum Gasteiger partial charge on any atom is -0.334 e. The molecule has 0 aliphatic carbocycles. The van der Waals surface area contributed by atoms with Crippen LogP contribution in [0, 0.1) is 17.5 Å². The van der Waals surface area contributed by atoms with Crippen molar-refractivity contribution in [3.63, 3.8) is 0 Å². The SMILES string of the molecule is O=C(NCc1ccccc1C(F)(F)F)Nc1ccc(F)c(F)c1F. The average Bonchev–Trinajstić information content (AvgIpc) is 2.53. The molecule has 128 valence electrons. The number of hydrogen-bond donors (Lipinski definition) is 2. The third-order valence-electron chi connectivity index (χ3n) is 3.05. The monoisotopic (exact) mass is 348 g/mol. The van der Waals surface area contributed by atoms with Crippen LogP contribution in [0.2, 0.25) is 0 Å². The fraction of sp³-hybridized carbons (Fsp3) is 0.133. The highest BCUT2D eigenvalue weighted by molar-refractivity contribution is 5.89. The second-order valence-corrected chi connectivity index (χ2v) is 4.69. The summed E-state index contributed by atoms with van der Waals surface area (Å²) in [5.41, 5.74) is -1.77. The van der Waals surface area contributed by atoms with Crippen molar-refractivity contribution in [2.45, 2.75) is 12.7 Å². The summed E-state index contributed by atoms with van der Waals surface area (Å²) in [5.74, 6) is -4.81. The molecule has 0 saturated carbocycles. The summed E-state index contributed by atoms with van der Waals surface area (Å²) in [7, 11) is 0. The van der Waals surface area contributed by atoms with Crippen molar-refractivity contribution in [1.82, 2.24) is 5.32 Å². The molecular formula is C15H10F6N2O. The van der Waals surface area contributed by atoms with Crippen molar-refractivity contribution in [2.24, 2.45) is 0 Å². The lowest BCUT2D eigenvalue weighted by atomic mass is 10.1. The molecule has 9 heteroatoms. The van der Waals surface area contributed by atoms with Gasteiger partial charge in [-0.25, -0.2) is 18.0 Å². The first-order chi connectivity index (χ1) is 11.2. The number of carbonyl (C=O) groups excluding carboxylic acids is 1. The number of urea groups is 1. The zero-order valence-electron chi connectivity index (χ0n) is 11.8. The van der Waals surface area contributed by atoms with Gasteiger partial charge < -0.3 is 10.6 Å². The van der Waals surface area contributed by atoms with E-state index in [9.17, 15) is 31.1 Å². The number of rotatable bonds is 3. The van der Waals surface area contributed by atoms with Crippen LogP contribution in [0.4, 0.5) is 36.8 Å². The molecule has 2 amide bonds. The molecule has 0 saturated heterocycles. The Balaban J connectivity index is 2.06. The highest BCUT2D eigenvalue weighted by atomic mass is 19.4. The first-order valence-corrected chi connectivity index (χ1v) is 6.53. The van der Waals surface area contributed by atoms with Gasteiger partial charge in [-0.1, -0.05) is 18.2 Å². The summed E-state index contributed by atoms with van der Waals surface area (Å²) in [6.07, 6.45) is -4.60. The number of anilines is 1. The Morgan fingerprint density at radius 3 is 2.29 bits per heavy atom. The molecule has 2 aromatic rings. The highest BCUT2D eigenvalue weighted by Gasteiger charge is 2.32. The number of carbonyl (C=O) groups is 1. The third-order valence-corrected chi connectivity index (χ3v) is 3.05. The molecule has 0 unspecified atom stereocenters. The van der Waals surface area contributed by atoms with E-state index in [4.69, 9.17) is 0 Å². The van der Waals surface area contributed by atoms with Gasteiger partial charge in [0.2, 0.25) is 0 Å². The Morgan fingerprint density at radius 1 is 0.958 bits per heavy atom. The normalized spacial score (nSPS) is 11.2. The Labute approximate surface area is 132 Å². The van der Waals surface area contributed by atoms with Gasteiger partial charge in [0, 0.05) is 6.54 Å². The van der Waals surface area contributed by atoms with Crippen molar-refractivity contribution < 1.29 is 31.1 Å². The van der Waals surface area contributed by atoms with Gasteiger partial charge in [0.15, 0.2) is 17.5 Å². The molecule has 0 radical (unpaired) electrons. The summed E-state index contributed by atoms with van der Waals surface area (Å²) in [6.45, 7) is -0.493. The average molecular weight is 348 g/mol. The van der Waals surface area contributed by atoms with Gasteiger partial charge in [-0.3, -0.25) is 0 Å². The Hall–Kier alpha value is -2.71. The number of alkyl halides is 3. The molecule has 0 aliphatic rings. The van der Waals surface area contributed by atoms with E-state index in [-0.39, 0.29) is 5.56 Å². The maximum Gasteiger partial charge on any atom is 0.416 e. The summed E-state index contributed by atoms with van der Waals surface area (Å²) in [6, 6.07) is 4.90. The number of benzene rings is 2. The number of amides is 2. The van der Waals surface area contributed by atoms with Crippen LogP contribution in [0.25, 0.3) is 0 Å². The minimum atomic E-state index is -4.60. The van der Waals surface area contributed by atoms with Gasteiger partial charge in [-0.05, 0) is 23.8 Å². The molecule has 0 bridgehead atoms. The molecule has 0 heterocycles. The van der Waals surface area contributed by atoms with Crippen molar-refractivity contribution in [1.29, 1.82) is 0 Å². The van der Waals surface area contributed by atoms with Gasteiger partial charge in [0.05, 0.1) is 11.3 Å². The Bertz CT molecular complexity index is 760. The van der Waals surface area contributed by atoms with Crippen molar-refractivity contribution >= 4 is 11.7 Å². The van der Waals surface area contributed by atoms with Gasteiger partial charge >= 0.3 is 12.2 Å². The Kier molecular flexibility index (Phi) is 5.01. The quantitative estimate of drug-likeness (QED) is 0.625. The Morgan fingerprint density at radius 2 is 1.62 bits per heavy atom. The van der Waals surface area contributed by atoms with E-state index < -0.39 is 47.5 Å². The van der Waals surface area contributed by atoms with Crippen LogP contribution in [0.1, 0.15) is 11.1 Å². The van der Waals surface area contributed by atoms with E-state index in [0.29, 0.717) is 6.07 Å². The number of halogens is 6. The largest absolute Gasteiger partial charge is 0.416 e. The van der Waals surface area contributed by atoms with Crippen LogP contribution >= 0.6 is 0 Å². The topological polar surface area (TPSA) is 41.1 Å². The molecule has 0 spiro atoms. The molecular weight excluding hydrogens is 338 g/mol. The smallest absolute Gasteiger partial charge is 0.334 e. The van der Waals surface area contributed by atoms with Gasteiger partial charge in [-0.2, -0.15) is 13.2 Å². The lowest BCUT2D eigenvalue weighted by Gasteiger charge is -2.14. The molecule has 2 aromatic carbocycles. The third kappa shape index (κ3) is 3.98. The van der Waals surface area contributed by atoms with E-state index >= 15 is 0 Å². The molecule has 2 rings (SSSR count). The fourth-order valence-electron chi connectivity index (χ4n) is 1.92. The molecule has 0 fully saturated rings. The van der Waals surface area contributed by atoms with Crippen LogP contribution in [0.5, 0.6) is 0 Å². The zero-order valence-corrected chi connectivity index (χ0v) is 11.8. The molecule has 0 atom stereocenters. The lowest BCUT2D eigenvalue weighted by Crippen LogP contribution is -2.29. The minimum absolute atomic E-state index is 0.203. The van der Waals surface area contributed by atoms with Gasteiger partial charge in [-0.15, -0.1) is 0 Å². The predicted octanol–water partition coefficient (Wildman–Crippen LogP) is 4.44. The molecule has 0 aliphatic heterocycles. The van der Waals surface area contributed by atoms with E-state index in [0.717, 1.165) is 12.1 Å². The van der Waals surface area contributed by atoms with Crippen LogP contribution < -0.4 is 10.6 Å². The highest BCUT2D eigenvalue weighted by Crippen LogP contribution is 2.31. The van der Waals surface area contributed by atoms with Gasteiger partial charge in [0.25, 0.3) is 0 Å². The second-order valence-electron chi connectivity index (χ2n) is 4.69. The molecule has 3 nitrogen and oxygen atoms in total. The maximum absolute atomic E-state index is 13.4. The van der Waals surface area contributed by atoms with E-state index in [1.54, 1.807) is 0 Å². The van der Waals surface area contributed by atoms with Crippen LogP contribution in [-0.4, -0.2) is 6.03 Å². The summed E-state index contributed by atoms with van der Waals surface area (Å²) in [5, 5.41) is 3.98. The maximum atomic E-state index is 13.4. The zero-order chi connectivity index (χ0) is 17.9. The molecule has 2 N–H and O–H groups in total. The van der Waals surface area contributed by atoms with Gasteiger partial charge in [0.1, 0.15) is 0 Å². The van der Waals surface area contributed by atoms with Crippen LogP contribution in [0.15, 0.2) is 36.4 Å². The van der Waals surface area contributed by atoms with Crippen molar-refractivity contribution in [2.75, 3.05) is 5.32 Å². The standard InChI is InChI=1S/C15H10F6N2O/c16-10-5-6-11(13(18)12(10)17)23-14(24)22-7-8-3-1-2-4-9(8)15(19,20)21/h1-6H,7H2,(H2,22,23,24). The first kappa shape index (κ1) is 17.6. The van der Waals surface area contributed by atoms with Crippen LogP contribution in [0.3, 0.4) is 0 Å². The summed E-state index contributed by atoms with van der Waals surface area (Å²) < 4.78 is 77.6. The van der Waals surface area contributed by atoms with Crippen LogP contribution in [-0.2, 0) is 12.7 Å². The fourth-order valence-corrected chi connectivity index (χ4v) is 1.92. The summed E-state index contributed by atoms with van der Waals surface area (Å²) in [4.78, 5) is 11.6. The lowest BCUT2D eigenvalue weighted by molar-refractivity contribution is -0.138. The van der Waals surface area contributed by atoms with E-state index in [2.05, 4.69) is 5.32 Å². The first-order valence-electron chi connectivity index (χ1n) is 6.53. The van der Waals surface area contributed by atoms with Crippen molar-refractivity contribution in [3.05, 3.63) is 65.0 Å². The van der Waals surface area contributed by atoms with E-state index in [1.165, 1.54) is 18.2 Å². The number of hydrogen-bond acceptors (Lipinski definition) is 1. The molecule has 0 aromatic heterocycles. The summed E-state index contributed by atoms with van der Waals surface area (Å²) >= 11 is 0. The molecule has 24 heavy (non-hydrogen) atoms. The van der Waals surface area contributed by atoms with E-state index in [1.807, 2.05) is 5.32 Å². The van der Waals surface area contributed by atoms with Crippen molar-refractivity contribution in [3.8, 4) is 0 Å². The second kappa shape index (κ2) is 6.81.